The summed E-state index contributed by atoms with van der Waals surface area (Å²) in [7, 11) is 3.95. The molecule has 0 bridgehead atoms. The lowest BCUT2D eigenvalue weighted by atomic mass is 10.2. The highest BCUT2D eigenvalue weighted by Crippen LogP contribution is 1.99. The molecule has 1 aromatic heterocycles. The largest absolute Gasteiger partial charge is 0.300 e. The second-order valence-electron chi connectivity index (χ2n) is 3.28. The highest BCUT2D eigenvalue weighted by Gasteiger charge is 2.09. The molecule has 0 aliphatic heterocycles. The van der Waals surface area contributed by atoms with Crippen LogP contribution in [0.25, 0.3) is 0 Å². The summed E-state index contributed by atoms with van der Waals surface area (Å²) in [6, 6.07) is 3.85. The summed E-state index contributed by atoms with van der Waals surface area (Å²) < 4.78 is 1.16. The van der Waals surface area contributed by atoms with E-state index in [9.17, 15) is 5.21 Å². The van der Waals surface area contributed by atoms with Gasteiger partial charge in [0.15, 0.2) is 0 Å². The molecule has 12 heavy (non-hydrogen) atoms. The minimum atomic E-state index is 0.748. The van der Waals surface area contributed by atoms with Crippen LogP contribution in [0.5, 0.6) is 0 Å². The van der Waals surface area contributed by atoms with Crippen molar-refractivity contribution in [2.24, 2.45) is 0 Å². The molecule has 0 amide bonds. The fraction of sp³-hybridized carbons (Fsp3) is 0.444. The zero-order valence-corrected chi connectivity index (χ0v) is 7.78. The zero-order valence-electron chi connectivity index (χ0n) is 7.78. The molecule has 1 N–H and O–H groups in total. The number of nitrogens with zero attached hydrogens (tertiary/aromatic N) is 2. The first-order valence-corrected chi connectivity index (χ1v) is 3.95. The number of aromatic nitrogens is 1. The van der Waals surface area contributed by atoms with Gasteiger partial charge in [0.2, 0.25) is 11.9 Å². The molecule has 0 aliphatic rings. The lowest BCUT2D eigenvalue weighted by Crippen LogP contribution is -2.37. The first-order valence-electron chi connectivity index (χ1n) is 3.95. The molecular weight excluding hydrogens is 152 g/mol. The van der Waals surface area contributed by atoms with Crippen LogP contribution in [0.15, 0.2) is 18.3 Å². The van der Waals surface area contributed by atoms with Crippen LogP contribution in [-0.4, -0.2) is 24.2 Å². The summed E-state index contributed by atoms with van der Waals surface area (Å²) in [6.07, 6.45) is 1.66. The normalized spacial score (nSPS) is 10.7. The van der Waals surface area contributed by atoms with Crippen LogP contribution in [0.4, 0.5) is 0 Å². The van der Waals surface area contributed by atoms with Crippen molar-refractivity contribution in [3.05, 3.63) is 29.6 Å². The van der Waals surface area contributed by atoms with Crippen LogP contribution >= 0.6 is 0 Å². The van der Waals surface area contributed by atoms with Gasteiger partial charge in [-0.15, -0.1) is 0 Å². The molecule has 0 saturated carbocycles. The lowest BCUT2D eigenvalue weighted by Gasteiger charge is -2.05. The predicted octanol–water partition coefficient (Wildman–Crippen LogP) is 0.581. The predicted molar refractivity (Wildman–Crippen MR) is 45.9 cm³/mol. The number of hydrogen-bond acceptors (Lipinski definition) is 2. The van der Waals surface area contributed by atoms with Crippen LogP contribution < -0.4 is 4.73 Å². The van der Waals surface area contributed by atoms with E-state index in [0.29, 0.717) is 0 Å². The van der Waals surface area contributed by atoms with E-state index in [4.69, 9.17) is 0 Å². The Hall–Kier alpha value is -1.09. The van der Waals surface area contributed by atoms with Gasteiger partial charge in [-0.25, -0.2) is 0 Å². The van der Waals surface area contributed by atoms with E-state index in [2.05, 4.69) is 0 Å². The summed E-state index contributed by atoms with van der Waals surface area (Å²) >= 11 is 0. The standard InChI is InChI=1S/C9H15N2O/c1-8-4-5-11(12)9(6-8)7-10(2)3/h4-6,12H,7H2,1-3H3/q+1. The van der Waals surface area contributed by atoms with E-state index < -0.39 is 0 Å². The molecule has 0 saturated heterocycles. The fourth-order valence-electron chi connectivity index (χ4n) is 1.10. The van der Waals surface area contributed by atoms with Gasteiger partial charge in [-0.2, -0.15) is 0 Å². The maximum Gasteiger partial charge on any atom is 0.248 e. The van der Waals surface area contributed by atoms with Gasteiger partial charge in [-0.05, 0) is 26.6 Å². The third-order valence-corrected chi connectivity index (χ3v) is 1.65. The topological polar surface area (TPSA) is 27.4 Å². The van der Waals surface area contributed by atoms with Crippen LogP contribution in [0.1, 0.15) is 11.3 Å². The SMILES string of the molecule is Cc1cc[n+](O)c(CN(C)C)c1. The van der Waals surface area contributed by atoms with Crippen molar-refractivity contribution in [3.8, 4) is 0 Å². The first kappa shape index (κ1) is 9.00. The van der Waals surface area contributed by atoms with Gasteiger partial charge in [0, 0.05) is 16.9 Å². The minimum absolute atomic E-state index is 0.748. The van der Waals surface area contributed by atoms with Gasteiger partial charge in [-0.1, -0.05) is 0 Å². The number of pyridine rings is 1. The zero-order chi connectivity index (χ0) is 9.14. The fourth-order valence-corrected chi connectivity index (χ4v) is 1.10. The second-order valence-corrected chi connectivity index (χ2v) is 3.28. The molecule has 1 aromatic rings. The van der Waals surface area contributed by atoms with Crippen LogP contribution in [-0.2, 0) is 6.54 Å². The maximum atomic E-state index is 9.37. The summed E-state index contributed by atoms with van der Waals surface area (Å²) in [5.41, 5.74) is 2.07. The molecule has 66 valence electrons. The van der Waals surface area contributed by atoms with Gasteiger partial charge in [-0.3, -0.25) is 10.1 Å². The Kier molecular flexibility index (Phi) is 2.65. The highest BCUT2D eigenvalue weighted by molar-refractivity contribution is 5.09. The summed E-state index contributed by atoms with van der Waals surface area (Å²) in [5.74, 6) is 0. The summed E-state index contributed by atoms with van der Waals surface area (Å²) in [6.45, 7) is 2.76. The molecule has 0 aliphatic carbocycles. The minimum Gasteiger partial charge on any atom is -0.300 e. The van der Waals surface area contributed by atoms with Crippen molar-refractivity contribution in [2.45, 2.75) is 13.5 Å². The highest BCUT2D eigenvalue weighted by atomic mass is 16.5. The smallest absolute Gasteiger partial charge is 0.248 e. The summed E-state index contributed by atoms with van der Waals surface area (Å²) in [4.78, 5) is 2.02. The van der Waals surface area contributed by atoms with Gasteiger partial charge >= 0.3 is 0 Å². The van der Waals surface area contributed by atoms with Gasteiger partial charge < -0.3 is 0 Å². The van der Waals surface area contributed by atoms with E-state index >= 15 is 0 Å². The van der Waals surface area contributed by atoms with E-state index in [-0.39, 0.29) is 0 Å². The molecule has 0 fully saturated rings. The number of rotatable bonds is 2. The van der Waals surface area contributed by atoms with E-state index in [1.807, 2.05) is 38.1 Å². The van der Waals surface area contributed by atoms with Crippen molar-refractivity contribution >= 4 is 0 Å². The van der Waals surface area contributed by atoms with Crippen molar-refractivity contribution in [3.63, 3.8) is 0 Å². The average molecular weight is 167 g/mol. The number of aryl methyl sites for hydroxylation is 1. The van der Waals surface area contributed by atoms with Crippen LogP contribution in [0.3, 0.4) is 0 Å². The molecule has 3 heteroatoms. The van der Waals surface area contributed by atoms with Crippen LogP contribution in [0.2, 0.25) is 0 Å². The Morgan fingerprint density at radius 1 is 1.50 bits per heavy atom. The quantitative estimate of drug-likeness (QED) is 0.515. The molecular formula is C9H15N2O+. The summed E-state index contributed by atoms with van der Waals surface area (Å²) in [5, 5.41) is 9.37. The van der Waals surface area contributed by atoms with Crippen molar-refractivity contribution in [2.75, 3.05) is 14.1 Å². The molecule has 0 unspecified atom stereocenters. The third kappa shape index (κ3) is 2.20. The molecule has 0 spiro atoms. The number of hydrogen-bond donors (Lipinski definition) is 1. The third-order valence-electron chi connectivity index (χ3n) is 1.65. The maximum absolute atomic E-state index is 9.37. The second kappa shape index (κ2) is 3.54. The van der Waals surface area contributed by atoms with Crippen molar-refractivity contribution in [1.29, 1.82) is 0 Å². The molecule has 0 aromatic carbocycles. The Morgan fingerprint density at radius 3 is 2.75 bits per heavy atom. The molecule has 3 nitrogen and oxygen atoms in total. The lowest BCUT2D eigenvalue weighted by molar-refractivity contribution is -0.910. The Morgan fingerprint density at radius 2 is 2.17 bits per heavy atom. The van der Waals surface area contributed by atoms with Gasteiger partial charge in [0.25, 0.3) is 0 Å². The molecule has 0 radical (unpaired) electrons. The van der Waals surface area contributed by atoms with Gasteiger partial charge in [0.1, 0.15) is 0 Å². The van der Waals surface area contributed by atoms with Crippen LogP contribution in [0, 0.1) is 6.92 Å². The first-order chi connectivity index (χ1) is 5.59. The Balaban J connectivity index is 2.90. The van der Waals surface area contributed by atoms with Crippen molar-refractivity contribution in [1.82, 2.24) is 4.90 Å². The molecule has 1 rings (SSSR count). The van der Waals surface area contributed by atoms with Gasteiger partial charge in [0.05, 0.1) is 6.54 Å². The van der Waals surface area contributed by atoms with E-state index in [1.54, 1.807) is 6.20 Å². The van der Waals surface area contributed by atoms with Crippen molar-refractivity contribution < 1.29 is 9.94 Å². The molecule has 0 atom stereocenters. The monoisotopic (exact) mass is 167 g/mol. The van der Waals surface area contributed by atoms with E-state index in [1.165, 1.54) is 0 Å². The Bertz CT molecular complexity index is 271. The van der Waals surface area contributed by atoms with E-state index in [0.717, 1.165) is 22.5 Å². The average Bonchev–Trinajstić information content (AvgIpc) is 1.96. The molecule has 1 heterocycles. The Labute approximate surface area is 72.8 Å².